The summed E-state index contributed by atoms with van der Waals surface area (Å²) >= 11 is 0. The topological polar surface area (TPSA) is 93.2 Å². The third-order valence-electron chi connectivity index (χ3n) is 10.1. The van der Waals surface area contributed by atoms with Crippen LogP contribution in [0.25, 0.3) is 43.1 Å². The zero-order chi connectivity index (χ0) is 34.0. The second-order valence-electron chi connectivity index (χ2n) is 12.3. The number of amides is 4. The average molecular weight is 639 g/mol. The molecule has 0 saturated heterocycles. The van der Waals surface area contributed by atoms with Crippen LogP contribution in [-0.4, -0.2) is 58.7 Å². The van der Waals surface area contributed by atoms with Crippen LogP contribution in [0.3, 0.4) is 0 Å². The van der Waals surface area contributed by atoms with Gasteiger partial charge >= 0.3 is 0 Å². The molecule has 5 aromatic carbocycles. The minimum absolute atomic E-state index is 0.0671. The van der Waals surface area contributed by atoms with Gasteiger partial charge in [-0.2, -0.15) is 0 Å². The number of rotatable bonds is 10. The summed E-state index contributed by atoms with van der Waals surface area (Å²) in [6, 6.07) is 9.97. The van der Waals surface area contributed by atoms with Crippen molar-refractivity contribution in [2.75, 3.05) is 13.2 Å². The second-order valence-corrected chi connectivity index (χ2v) is 12.3. The average Bonchev–Trinajstić information content (AvgIpc) is 3.10. The number of fused-ring (bicyclic) bond motifs is 2. The van der Waals surface area contributed by atoms with Gasteiger partial charge in [-0.25, -0.2) is 0 Å². The van der Waals surface area contributed by atoms with Crippen LogP contribution in [0, 0.1) is 24.7 Å². The molecule has 7 rings (SSSR count). The molecule has 48 heavy (non-hydrogen) atoms. The van der Waals surface area contributed by atoms with Crippen LogP contribution in [0.5, 0.6) is 11.5 Å². The molecular weight excluding hydrogens is 604 g/mol. The number of benzene rings is 5. The summed E-state index contributed by atoms with van der Waals surface area (Å²) in [5.74, 6) is 4.28. The van der Waals surface area contributed by atoms with E-state index in [1.165, 1.54) is 9.80 Å². The highest BCUT2D eigenvalue weighted by atomic mass is 16.5. The Bertz CT molecular complexity index is 2150. The lowest BCUT2D eigenvalue weighted by Gasteiger charge is -2.35. The van der Waals surface area contributed by atoms with E-state index < -0.39 is 11.8 Å². The highest BCUT2D eigenvalue weighted by molar-refractivity contribution is 6.43. The van der Waals surface area contributed by atoms with Crippen LogP contribution in [0.1, 0.15) is 94.8 Å². The number of carbonyl (C=O) groups is 4. The fraction of sp³-hybridized carbons (Fsp3) is 0.300. The van der Waals surface area contributed by atoms with Crippen molar-refractivity contribution >= 4 is 66.7 Å². The first-order valence-electron chi connectivity index (χ1n) is 16.4. The molecule has 2 aliphatic rings. The molecule has 0 aliphatic carbocycles. The maximum atomic E-state index is 14.2. The van der Waals surface area contributed by atoms with Crippen LogP contribution in [-0.2, 0) is 0 Å². The lowest BCUT2D eigenvalue weighted by molar-refractivity contribution is 0.0514. The molecule has 8 heteroatoms. The van der Waals surface area contributed by atoms with E-state index in [0.29, 0.717) is 103 Å². The number of terminal acetylenes is 2. The summed E-state index contributed by atoms with van der Waals surface area (Å²) in [7, 11) is 0. The summed E-state index contributed by atoms with van der Waals surface area (Å²) in [4.78, 5) is 59.2. The van der Waals surface area contributed by atoms with Gasteiger partial charge in [-0.15, -0.1) is 12.8 Å². The van der Waals surface area contributed by atoms with E-state index in [9.17, 15) is 19.2 Å². The predicted molar refractivity (Wildman–Crippen MR) is 186 cm³/mol. The molecule has 240 valence electrons. The van der Waals surface area contributed by atoms with Crippen molar-refractivity contribution in [3.63, 3.8) is 0 Å². The van der Waals surface area contributed by atoms with Crippen LogP contribution in [0.2, 0.25) is 0 Å². The minimum Gasteiger partial charge on any atom is -0.480 e. The van der Waals surface area contributed by atoms with Gasteiger partial charge in [-0.1, -0.05) is 51.7 Å². The zero-order valence-corrected chi connectivity index (χ0v) is 27.4. The number of hydrogen-bond acceptors (Lipinski definition) is 6. The third-order valence-corrected chi connectivity index (χ3v) is 10.1. The Hall–Kier alpha value is -5.60. The molecule has 5 aromatic rings. The largest absolute Gasteiger partial charge is 0.480 e. The van der Waals surface area contributed by atoms with Gasteiger partial charge in [0.25, 0.3) is 23.6 Å². The summed E-state index contributed by atoms with van der Waals surface area (Å²) in [5.41, 5.74) is 1.50. The van der Waals surface area contributed by atoms with Crippen molar-refractivity contribution < 1.29 is 28.7 Å². The molecule has 0 unspecified atom stereocenters. The Kier molecular flexibility index (Phi) is 7.48. The quantitative estimate of drug-likeness (QED) is 0.0689. The summed E-state index contributed by atoms with van der Waals surface area (Å²) in [6.07, 6.45) is 13.7. The molecule has 0 radical (unpaired) electrons. The first-order chi connectivity index (χ1) is 23.3. The molecule has 0 spiro atoms. The SMILES string of the molecule is C#CCOc1cc2c3c(ccc4c5c(OCC#C)cc6c7c(ccc(c1c34)c75)C(=O)N(C(CC)CC)C6=O)C(=O)N(C(CC)CC)C2=O. The molecular formula is C40H34N2O6. The second kappa shape index (κ2) is 11.6. The predicted octanol–water partition coefficient (Wildman–Crippen LogP) is 7.33. The summed E-state index contributed by atoms with van der Waals surface area (Å²) in [6.45, 7) is 7.69. The molecule has 0 saturated carbocycles. The lowest BCUT2D eigenvalue weighted by Crippen LogP contribution is -2.46. The summed E-state index contributed by atoms with van der Waals surface area (Å²) in [5, 5.41) is 4.88. The molecule has 0 atom stereocenters. The maximum absolute atomic E-state index is 14.2. The van der Waals surface area contributed by atoms with Gasteiger partial charge in [0.15, 0.2) is 0 Å². The summed E-state index contributed by atoms with van der Waals surface area (Å²) < 4.78 is 12.3. The van der Waals surface area contributed by atoms with Crippen LogP contribution >= 0.6 is 0 Å². The smallest absolute Gasteiger partial charge is 0.261 e. The zero-order valence-electron chi connectivity index (χ0n) is 27.4. The van der Waals surface area contributed by atoms with Gasteiger partial charge in [0, 0.05) is 55.5 Å². The molecule has 0 N–H and O–H groups in total. The number of hydrogen-bond donors (Lipinski definition) is 0. The number of carbonyl (C=O) groups excluding carboxylic acids is 4. The van der Waals surface area contributed by atoms with Gasteiger partial charge in [0.05, 0.1) is 11.1 Å². The van der Waals surface area contributed by atoms with Gasteiger partial charge in [0.2, 0.25) is 0 Å². The normalized spacial score (nSPS) is 14.3. The highest BCUT2D eigenvalue weighted by Gasteiger charge is 2.41. The van der Waals surface area contributed by atoms with Crippen molar-refractivity contribution in [2.24, 2.45) is 0 Å². The van der Waals surface area contributed by atoms with Crippen LogP contribution < -0.4 is 9.47 Å². The lowest BCUT2D eigenvalue weighted by atomic mass is 9.81. The highest BCUT2D eigenvalue weighted by Crippen LogP contribution is 2.52. The molecule has 4 amide bonds. The van der Waals surface area contributed by atoms with E-state index in [-0.39, 0.29) is 37.1 Å². The number of ether oxygens (including phenoxy) is 2. The molecule has 8 nitrogen and oxygen atoms in total. The van der Waals surface area contributed by atoms with Crippen LogP contribution in [0.4, 0.5) is 0 Å². The minimum atomic E-state index is -0.395. The monoisotopic (exact) mass is 638 g/mol. The Morgan fingerprint density at radius 3 is 1.23 bits per heavy atom. The Morgan fingerprint density at radius 2 is 0.896 bits per heavy atom. The van der Waals surface area contributed by atoms with Crippen molar-refractivity contribution in [3.8, 4) is 36.2 Å². The van der Waals surface area contributed by atoms with Gasteiger partial charge in [-0.3, -0.25) is 29.0 Å². The number of imide groups is 2. The van der Waals surface area contributed by atoms with Gasteiger partial charge < -0.3 is 9.47 Å². The maximum Gasteiger partial charge on any atom is 0.261 e. The Labute approximate surface area is 278 Å². The Morgan fingerprint density at radius 1 is 0.542 bits per heavy atom. The van der Waals surface area contributed by atoms with E-state index in [1.54, 1.807) is 24.3 Å². The molecule has 2 aliphatic heterocycles. The van der Waals surface area contributed by atoms with Crippen molar-refractivity contribution in [1.82, 2.24) is 9.80 Å². The van der Waals surface area contributed by atoms with Crippen molar-refractivity contribution in [3.05, 3.63) is 58.7 Å². The molecule has 0 fully saturated rings. The molecule has 0 aromatic heterocycles. The fourth-order valence-corrected chi connectivity index (χ4v) is 7.87. The molecule has 0 bridgehead atoms. The number of nitrogens with zero attached hydrogens (tertiary/aromatic N) is 2. The first kappa shape index (κ1) is 31.0. The van der Waals surface area contributed by atoms with Crippen molar-refractivity contribution in [1.29, 1.82) is 0 Å². The van der Waals surface area contributed by atoms with Crippen molar-refractivity contribution in [2.45, 2.75) is 65.5 Å². The van der Waals surface area contributed by atoms with E-state index in [2.05, 4.69) is 11.8 Å². The first-order valence-corrected chi connectivity index (χ1v) is 16.4. The fourth-order valence-electron chi connectivity index (χ4n) is 7.87. The van der Waals surface area contributed by atoms with Crippen LogP contribution in [0.15, 0.2) is 36.4 Å². The standard InChI is InChI=1S/C40H34N2O6/c1-7-17-47-29-19-27-31-25(37(43)41(39(27)45)21(9-3)10-4)16-14-24-34-30(48-18-8-2)20-28-32-26(15-13-23(36(32)34)33(29)35(24)31)38(44)42(40(28)46)22(11-5)12-6/h1-2,13-16,19-22H,9-12,17-18H2,3-6H3. The third kappa shape index (κ3) is 4.05. The Balaban J connectivity index is 1.68. The van der Waals surface area contributed by atoms with Gasteiger partial charge in [0.1, 0.15) is 24.7 Å². The van der Waals surface area contributed by atoms with E-state index in [0.717, 1.165) is 0 Å². The van der Waals surface area contributed by atoms with E-state index in [4.69, 9.17) is 22.3 Å². The van der Waals surface area contributed by atoms with Gasteiger partial charge in [-0.05, 0) is 60.7 Å². The van der Waals surface area contributed by atoms with E-state index >= 15 is 0 Å². The molecule has 2 heterocycles. The van der Waals surface area contributed by atoms with E-state index in [1.807, 2.05) is 39.8 Å².